The Bertz CT molecular complexity index is 300. The van der Waals surface area contributed by atoms with Gasteiger partial charge in [-0.3, -0.25) is 5.41 Å². The molecule has 5 N–H and O–H groups in total. The SMILES string of the molecule is N=C(N)N=Nc1ccc(N)cn1. The van der Waals surface area contributed by atoms with E-state index in [0.717, 1.165) is 0 Å². The van der Waals surface area contributed by atoms with E-state index in [0.29, 0.717) is 11.5 Å². The van der Waals surface area contributed by atoms with E-state index in [2.05, 4.69) is 15.2 Å². The van der Waals surface area contributed by atoms with Crippen molar-refractivity contribution in [3.63, 3.8) is 0 Å². The molecule has 1 heterocycles. The van der Waals surface area contributed by atoms with Gasteiger partial charge in [0.05, 0.1) is 11.9 Å². The van der Waals surface area contributed by atoms with E-state index in [4.69, 9.17) is 16.9 Å². The molecular weight excluding hydrogens is 156 g/mol. The number of nitrogen functional groups attached to an aromatic ring is 1. The molecule has 0 aliphatic carbocycles. The van der Waals surface area contributed by atoms with Gasteiger partial charge in [0.15, 0.2) is 5.82 Å². The van der Waals surface area contributed by atoms with Crippen molar-refractivity contribution in [1.29, 1.82) is 5.41 Å². The molecule has 0 spiro atoms. The highest BCUT2D eigenvalue weighted by Gasteiger charge is 1.89. The van der Waals surface area contributed by atoms with Gasteiger partial charge in [0.1, 0.15) is 0 Å². The van der Waals surface area contributed by atoms with Gasteiger partial charge in [0.2, 0.25) is 5.96 Å². The van der Waals surface area contributed by atoms with Gasteiger partial charge in [-0.15, -0.1) is 10.2 Å². The standard InChI is InChI=1S/C6H8N6/c7-4-1-2-5(10-3-4)11-12-6(8)9/h1-3H,7H2,(H3,8,9). The van der Waals surface area contributed by atoms with Crippen LogP contribution < -0.4 is 11.5 Å². The van der Waals surface area contributed by atoms with Crippen LogP contribution in [0.1, 0.15) is 0 Å². The Hall–Kier alpha value is -1.98. The molecule has 0 atom stereocenters. The highest BCUT2D eigenvalue weighted by molar-refractivity contribution is 5.74. The fourth-order valence-electron chi connectivity index (χ4n) is 0.562. The van der Waals surface area contributed by atoms with Crippen LogP contribution in [0.2, 0.25) is 0 Å². The van der Waals surface area contributed by atoms with Crippen LogP contribution in [0.5, 0.6) is 0 Å². The van der Waals surface area contributed by atoms with Gasteiger partial charge in [0.25, 0.3) is 0 Å². The van der Waals surface area contributed by atoms with E-state index in [1.165, 1.54) is 6.20 Å². The van der Waals surface area contributed by atoms with Gasteiger partial charge in [0, 0.05) is 0 Å². The third-order valence-corrected chi connectivity index (χ3v) is 1.03. The summed E-state index contributed by atoms with van der Waals surface area (Å²) >= 11 is 0. The zero-order chi connectivity index (χ0) is 8.97. The van der Waals surface area contributed by atoms with Crippen LogP contribution in [0.25, 0.3) is 0 Å². The highest BCUT2D eigenvalue weighted by Crippen LogP contribution is 2.09. The summed E-state index contributed by atoms with van der Waals surface area (Å²) in [5.41, 5.74) is 10.9. The number of nitrogens with one attached hydrogen (secondary N) is 1. The number of pyridine rings is 1. The smallest absolute Gasteiger partial charge is 0.232 e. The average Bonchev–Trinajstić information content (AvgIpc) is 2.03. The second-order valence-corrected chi connectivity index (χ2v) is 2.03. The zero-order valence-electron chi connectivity index (χ0n) is 6.23. The monoisotopic (exact) mass is 164 g/mol. The molecule has 12 heavy (non-hydrogen) atoms. The van der Waals surface area contributed by atoms with Crippen molar-refractivity contribution >= 4 is 17.5 Å². The van der Waals surface area contributed by atoms with Crippen LogP contribution in [0, 0.1) is 5.41 Å². The molecule has 0 saturated heterocycles. The normalized spacial score (nSPS) is 10.3. The molecule has 1 rings (SSSR count). The quantitative estimate of drug-likeness (QED) is 0.321. The van der Waals surface area contributed by atoms with Gasteiger partial charge >= 0.3 is 0 Å². The first-order valence-corrected chi connectivity index (χ1v) is 3.16. The molecule has 62 valence electrons. The number of guanidine groups is 1. The summed E-state index contributed by atoms with van der Waals surface area (Å²) < 4.78 is 0. The van der Waals surface area contributed by atoms with E-state index in [1.54, 1.807) is 12.1 Å². The summed E-state index contributed by atoms with van der Waals surface area (Å²) in [4.78, 5) is 3.81. The Morgan fingerprint density at radius 3 is 2.75 bits per heavy atom. The van der Waals surface area contributed by atoms with Gasteiger partial charge in [-0.25, -0.2) is 4.98 Å². The fourth-order valence-corrected chi connectivity index (χ4v) is 0.562. The summed E-state index contributed by atoms with van der Waals surface area (Å²) in [7, 11) is 0. The summed E-state index contributed by atoms with van der Waals surface area (Å²) in [5.74, 6) is 0.0213. The molecule has 0 unspecified atom stereocenters. The van der Waals surface area contributed by atoms with Crippen molar-refractivity contribution in [2.75, 3.05) is 5.73 Å². The van der Waals surface area contributed by atoms with E-state index in [9.17, 15) is 0 Å². The van der Waals surface area contributed by atoms with Crippen molar-refractivity contribution in [3.05, 3.63) is 18.3 Å². The van der Waals surface area contributed by atoms with Crippen molar-refractivity contribution in [2.45, 2.75) is 0 Å². The molecule has 6 nitrogen and oxygen atoms in total. The molecule has 6 heteroatoms. The van der Waals surface area contributed by atoms with E-state index >= 15 is 0 Å². The van der Waals surface area contributed by atoms with Crippen LogP contribution in [0.15, 0.2) is 28.6 Å². The lowest BCUT2D eigenvalue weighted by molar-refractivity contribution is 1.15. The van der Waals surface area contributed by atoms with Crippen molar-refractivity contribution < 1.29 is 0 Å². The number of hydrogen-bond acceptors (Lipinski definition) is 4. The van der Waals surface area contributed by atoms with Gasteiger partial charge in [-0.2, -0.15) is 0 Å². The Morgan fingerprint density at radius 1 is 1.50 bits per heavy atom. The number of nitrogens with zero attached hydrogens (tertiary/aromatic N) is 3. The maximum absolute atomic E-state index is 6.75. The maximum Gasteiger partial charge on any atom is 0.232 e. The number of rotatable bonds is 1. The number of azo groups is 1. The minimum atomic E-state index is -0.353. The molecule has 0 saturated carbocycles. The largest absolute Gasteiger partial charge is 0.397 e. The minimum absolute atomic E-state index is 0.353. The van der Waals surface area contributed by atoms with Gasteiger partial charge in [-0.05, 0) is 12.1 Å². The Morgan fingerprint density at radius 2 is 2.25 bits per heavy atom. The third kappa shape index (κ3) is 2.33. The third-order valence-electron chi connectivity index (χ3n) is 1.03. The second-order valence-electron chi connectivity index (χ2n) is 2.03. The van der Waals surface area contributed by atoms with E-state index in [1.807, 2.05) is 0 Å². The number of anilines is 1. The lowest BCUT2D eigenvalue weighted by atomic mass is 10.4. The molecule has 0 aliphatic heterocycles. The van der Waals surface area contributed by atoms with Crippen LogP contribution in [-0.2, 0) is 0 Å². The maximum atomic E-state index is 6.75. The molecule has 0 fully saturated rings. The summed E-state index contributed by atoms with van der Waals surface area (Å²) in [6.45, 7) is 0. The molecule has 1 aromatic rings. The van der Waals surface area contributed by atoms with Crippen LogP contribution >= 0.6 is 0 Å². The van der Waals surface area contributed by atoms with Crippen LogP contribution in [0.3, 0.4) is 0 Å². The van der Waals surface area contributed by atoms with Crippen molar-refractivity contribution in [3.8, 4) is 0 Å². The Balaban J connectivity index is 2.77. The molecule has 0 radical (unpaired) electrons. The topological polar surface area (TPSA) is 114 Å². The lowest BCUT2D eigenvalue weighted by Crippen LogP contribution is -2.03. The molecule has 0 aliphatic rings. The zero-order valence-corrected chi connectivity index (χ0v) is 6.23. The Kier molecular flexibility index (Phi) is 2.32. The second kappa shape index (κ2) is 3.42. The predicted octanol–water partition coefficient (Wildman–Crippen LogP) is 0.641. The minimum Gasteiger partial charge on any atom is -0.397 e. The van der Waals surface area contributed by atoms with Gasteiger partial charge in [-0.1, -0.05) is 0 Å². The van der Waals surface area contributed by atoms with Gasteiger partial charge < -0.3 is 11.5 Å². The number of nitrogens with two attached hydrogens (primary N) is 2. The summed E-state index contributed by atoms with van der Waals surface area (Å²) in [5, 5.41) is 13.6. The van der Waals surface area contributed by atoms with Crippen molar-refractivity contribution in [2.24, 2.45) is 16.0 Å². The predicted molar refractivity (Wildman–Crippen MR) is 45.1 cm³/mol. The summed E-state index contributed by atoms with van der Waals surface area (Å²) in [6.07, 6.45) is 1.45. The number of hydrogen-bond donors (Lipinski definition) is 3. The van der Waals surface area contributed by atoms with Crippen molar-refractivity contribution in [1.82, 2.24) is 4.98 Å². The first kappa shape index (κ1) is 8.12. The van der Waals surface area contributed by atoms with Crippen LogP contribution in [-0.4, -0.2) is 10.9 Å². The average molecular weight is 164 g/mol. The fraction of sp³-hybridized carbons (Fsp3) is 0. The van der Waals surface area contributed by atoms with Crippen LogP contribution in [0.4, 0.5) is 11.5 Å². The van der Waals surface area contributed by atoms with E-state index in [-0.39, 0.29) is 5.96 Å². The lowest BCUT2D eigenvalue weighted by Gasteiger charge is -1.91. The molecular formula is C6H8N6. The first-order valence-electron chi connectivity index (χ1n) is 3.16. The first-order chi connectivity index (χ1) is 5.68. The Labute approximate surface area is 68.8 Å². The molecule has 0 amide bonds. The molecule has 1 aromatic heterocycles. The highest BCUT2D eigenvalue weighted by atomic mass is 15.2. The molecule has 0 aromatic carbocycles. The summed E-state index contributed by atoms with van der Waals surface area (Å²) in [6, 6.07) is 3.23. The van der Waals surface area contributed by atoms with E-state index < -0.39 is 0 Å². The molecule has 0 bridgehead atoms. The number of aromatic nitrogens is 1.